The topological polar surface area (TPSA) is 59.1 Å². The van der Waals surface area contributed by atoms with E-state index >= 15 is 0 Å². The van der Waals surface area contributed by atoms with E-state index < -0.39 is 11.8 Å². The minimum atomic E-state index is -0.400. The molecule has 2 heterocycles. The van der Waals surface area contributed by atoms with E-state index in [1.54, 1.807) is 24.3 Å². The highest BCUT2D eigenvalue weighted by molar-refractivity contribution is 6.20. The van der Waals surface area contributed by atoms with Gasteiger partial charge in [0.1, 0.15) is 12.2 Å². The van der Waals surface area contributed by atoms with Crippen LogP contribution < -0.4 is 0 Å². The lowest BCUT2D eigenvalue weighted by Crippen LogP contribution is -2.34. The van der Waals surface area contributed by atoms with E-state index in [4.69, 9.17) is 9.57 Å². The molecule has 1 aromatic carbocycles. The second-order valence-electron chi connectivity index (χ2n) is 4.55. The number of fused-ring (bicyclic) bond motifs is 1. The van der Waals surface area contributed by atoms with Gasteiger partial charge in [-0.3, -0.25) is 14.4 Å². The van der Waals surface area contributed by atoms with Gasteiger partial charge < -0.3 is 4.74 Å². The Balaban J connectivity index is 1.76. The molecular formula is C13H13NO4. The van der Waals surface area contributed by atoms with Crippen LogP contribution in [0, 0.1) is 0 Å². The summed E-state index contributed by atoms with van der Waals surface area (Å²) in [6.07, 6.45) is 0.802. The number of imide groups is 1. The van der Waals surface area contributed by atoms with Gasteiger partial charge in [-0.1, -0.05) is 19.1 Å². The Bertz CT molecular complexity index is 486. The average molecular weight is 247 g/mol. The predicted molar refractivity (Wildman–Crippen MR) is 61.9 cm³/mol. The molecule has 5 nitrogen and oxygen atoms in total. The smallest absolute Gasteiger partial charge is 0.285 e. The fraction of sp³-hybridized carbons (Fsp3) is 0.385. The maximum atomic E-state index is 12.0. The van der Waals surface area contributed by atoms with Gasteiger partial charge in [0.15, 0.2) is 0 Å². The van der Waals surface area contributed by atoms with Crippen LogP contribution in [0.5, 0.6) is 0 Å². The monoisotopic (exact) mass is 247 g/mol. The van der Waals surface area contributed by atoms with Gasteiger partial charge >= 0.3 is 0 Å². The van der Waals surface area contributed by atoms with Gasteiger partial charge in [0.2, 0.25) is 0 Å². The van der Waals surface area contributed by atoms with Crippen LogP contribution in [-0.2, 0) is 9.57 Å². The van der Waals surface area contributed by atoms with Crippen LogP contribution in [-0.4, -0.2) is 35.7 Å². The van der Waals surface area contributed by atoms with Crippen molar-refractivity contribution in [1.29, 1.82) is 0 Å². The van der Waals surface area contributed by atoms with Crippen molar-refractivity contribution < 1.29 is 19.2 Å². The third kappa shape index (κ3) is 1.63. The molecule has 3 rings (SSSR count). The Hall–Kier alpha value is -1.72. The second-order valence-corrected chi connectivity index (χ2v) is 4.55. The van der Waals surface area contributed by atoms with Crippen molar-refractivity contribution in [2.24, 2.45) is 0 Å². The van der Waals surface area contributed by atoms with E-state index in [0.717, 1.165) is 11.5 Å². The first-order valence-corrected chi connectivity index (χ1v) is 5.91. The minimum Gasteiger partial charge on any atom is -0.367 e. The summed E-state index contributed by atoms with van der Waals surface area (Å²) in [6.45, 7) is 2.83. The van der Waals surface area contributed by atoms with E-state index in [1.165, 1.54) is 0 Å². The molecule has 0 radical (unpaired) electrons. The van der Waals surface area contributed by atoms with Crippen molar-refractivity contribution in [1.82, 2.24) is 5.06 Å². The Kier molecular flexibility index (Phi) is 2.46. The van der Waals surface area contributed by atoms with Gasteiger partial charge in [-0.25, -0.2) is 0 Å². The first kappa shape index (κ1) is 11.4. The van der Waals surface area contributed by atoms with Crippen molar-refractivity contribution in [2.75, 3.05) is 13.2 Å². The molecule has 2 aliphatic rings. The van der Waals surface area contributed by atoms with Crippen molar-refractivity contribution in [3.05, 3.63) is 35.4 Å². The predicted octanol–water partition coefficient (Wildman–Crippen LogP) is 1.39. The van der Waals surface area contributed by atoms with Crippen molar-refractivity contribution in [2.45, 2.75) is 18.9 Å². The number of ether oxygens (including phenoxy) is 1. The number of hydroxylamine groups is 2. The molecule has 0 bridgehead atoms. The maximum Gasteiger partial charge on any atom is 0.285 e. The molecule has 0 N–H and O–H groups in total. The highest BCUT2D eigenvalue weighted by atomic mass is 16.7. The Morgan fingerprint density at radius 1 is 1.28 bits per heavy atom. The molecule has 94 valence electrons. The minimum absolute atomic E-state index is 0.231. The molecule has 0 unspecified atom stereocenters. The number of amides is 2. The third-order valence-electron chi connectivity index (χ3n) is 3.41. The molecule has 2 aliphatic heterocycles. The lowest BCUT2D eigenvalue weighted by atomic mass is 10.1. The fourth-order valence-corrected chi connectivity index (χ4v) is 1.96. The zero-order valence-electron chi connectivity index (χ0n) is 10.0. The summed E-state index contributed by atoms with van der Waals surface area (Å²) in [5, 5.41) is 0.837. The largest absolute Gasteiger partial charge is 0.367 e. The van der Waals surface area contributed by atoms with E-state index in [0.29, 0.717) is 17.7 Å². The quantitative estimate of drug-likeness (QED) is 0.596. The summed E-state index contributed by atoms with van der Waals surface area (Å²) in [5.74, 6) is -0.801. The molecule has 0 saturated carbocycles. The average Bonchev–Trinajstić information content (AvgIpc) is 3.14. The Morgan fingerprint density at radius 3 is 2.28 bits per heavy atom. The van der Waals surface area contributed by atoms with Crippen LogP contribution in [0.1, 0.15) is 34.1 Å². The Morgan fingerprint density at radius 2 is 1.83 bits per heavy atom. The van der Waals surface area contributed by atoms with Crippen LogP contribution in [0.15, 0.2) is 24.3 Å². The number of benzene rings is 1. The summed E-state index contributed by atoms with van der Waals surface area (Å²) in [6, 6.07) is 6.71. The zero-order chi connectivity index (χ0) is 12.8. The molecule has 0 aromatic heterocycles. The van der Waals surface area contributed by atoms with E-state index in [-0.39, 0.29) is 12.2 Å². The summed E-state index contributed by atoms with van der Waals surface area (Å²) >= 11 is 0. The summed E-state index contributed by atoms with van der Waals surface area (Å²) in [5.41, 5.74) is 0.476. The fourth-order valence-electron chi connectivity index (χ4n) is 1.96. The third-order valence-corrected chi connectivity index (χ3v) is 3.41. The van der Waals surface area contributed by atoms with Crippen molar-refractivity contribution in [3.8, 4) is 0 Å². The molecule has 0 aliphatic carbocycles. The molecule has 2 amide bonds. The molecule has 1 aromatic rings. The van der Waals surface area contributed by atoms with E-state index in [9.17, 15) is 9.59 Å². The SMILES string of the molecule is CC[C@]1(CON2C(=O)c3ccccc3C2=O)CO1. The van der Waals surface area contributed by atoms with Gasteiger partial charge in [0, 0.05) is 0 Å². The normalized spacial score (nSPS) is 25.5. The van der Waals surface area contributed by atoms with Gasteiger partial charge in [-0.15, -0.1) is 5.06 Å². The molecule has 0 spiro atoms. The van der Waals surface area contributed by atoms with Crippen LogP contribution in [0.2, 0.25) is 0 Å². The van der Waals surface area contributed by atoms with Gasteiger partial charge in [-0.05, 0) is 18.6 Å². The molecule has 1 saturated heterocycles. The highest BCUT2D eigenvalue weighted by Gasteiger charge is 2.46. The number of hydrogen-bond acceptors (Lipinski definition) is 4. The number of nitrogens with zero attached hydrogens (tertiary/aromatic N) is 1. The van der Waals surface area contributed by atoms with Gasteiger partial charge in [0.25, 0.3) is 11.8 Å². The zero-order valence-corrected chi connectivity index (χ0v) is 10.0. The van der Waals surface area contributed by atoms with Crippen LogP contribution in [0.3, 0.4) is 0 Å². The number of carbonyl (C=O) groups excluding carboxylic acids is 2. The molecule has 1 atom stereocenters. The standard InChI is InChI=1S/C13H13NO4/c1-2-13(7-17-13)8-18-14-11(15)9-5-3-4-6-10(9)12(14)16/h3-6H,2,7-8H2,1H3/t13-/m1/s1. The number of epoxide rings is 1. The Labute approximate surface area is 104 Å². The van der Waals surface area contributed by atoms with Crippen molar-refractivity contribution in [3.63, 3.8) is 0 Å². The number of rotatable bonds is 4. The lowest BCUT2D eigenvalue weighted by molar-refractivity contribution is -0.107. The molecule has 18 heavy (non-hydrogen) atoms. The molecule has 5 heteroatoms. The van der Waals surface area contributed by atoms with Crippen LogP contribution in [0.4, 0.5) is 0 Å². The number of carbonyl (C=O) groups is 2. The van der Waals surface area contributed by atoms with Crippen LogP contribution in [0.25, 0.3) is 0 Å². The molecular weight excluding hydrogens is 234 g/mol. The maximum absolute atomic E-state index is 12.0. The summed E-state index contributed by atoms with van der Waals surface area (Å²) in [7, 11) is 0. The van der Waals surface area contributed by atoms with E-state index in [2.05, 4.69) is 0 Å². The first-order valence-electron chi connectivity index (χ1n) is 5.91. The lowest BCUT2D eigenvalue weighted by Gasteiger charge is -2.16. The second kappa shape index (κ2) is 3.90. The van der Waals surface area contributed by atoms with Gasteiger partial charge in [0.05, 0.1) is 17.7 Å². The molecule has 1 fully saturated rings. The van der Waals surface area contributed by atoms with E-state index in [1.807, 2.05) is 6.92 Å². The first-order chi connectivity index (χ1) is 8.67. The van der Waals surface area contributed by atoms with Crippen LogP contribution >= 0.6 is 0 Å². The van der Waals surface area contributed by atoms with Gasteiger partial charge in [-0.2, -0.15) is 0 Å². The number of hydrogen-bond donors (Lipinski definition) is 0. The van der Waals surface area contributed by atoms with Crippen molar-refractivity contribution >= 4 is 11.8 Å². The highest BCUT2D eigenvalue weighted by Crippen LogP contribution is 2.32. The summed E-state index contributed by atoms with van der Waals surface area (Å²) in [4.78, 5) is 29.3. The summed E-state index contributed by atoms with van der Waals surface area (Å²) < 4.78 is 5.28.